The molecule has 0 bridgehead atoms. The first-order chi connectivity index (χ1) is 14.7. The van der Waals surface area contributed by atoms with E-state index in [1.165, 1.54) is 6.21 Å². The number of nitrogens with one attached hydrogen (secondary N) is 1. The summed E-state index contributed by atoms with van der Waals surface area (Å²) in [5.74, 6) is -0.632. The second-order valence-electron chi connectivity index (χ2n) is 7.34. The third-order valence-electron chi connectivity index (χ3n) is 5.37. The largest absolute Gasteiger partial charge is 0.312 e. The van der Waals surface area contributed by atoms with Crippen LogP contribution in [0.25, 0.3) is 33.4 Å². The molecule has 0 aromatic heterocycles. The first kappa shape index (κ1) is 19.5. The van der Waals surface area contributed by atoms with Crippen LogP contribution < -0.4 is 0 Å². The first-order valence-electron chi connectivity index (χ1n) is 10.0. The molecule has 0 heterocycles. The van der Waals surface area contributed by atoms with Gasteiger partial charge in [-0.25, -0.2) is 0 Å². The minimum absolute atomic E-state index is 0.0353. The third kappa shape index (κ3) is 3.85. The second-order valence-corrected chi connectivity index (χ2v) is 7.34. The lowest BCUT2D eigenvalue weighted by Crippen LogP contribution is -2.13. The molecule has 2 nitrogen and oxygen atoms in total. The first-order valence-corrected chi connectivity index (χ1v) is 10.0. The molecule has 0 aliphatic carbocycles. The van der Waals surface area contributed by atoms with Crippen LogP contribution in [-0.2, 0) is 4.79 Å². The van der Waals surface area contributed by atoms with Crippen LogP contribution in [-0.4, -0.2) is 12.0 Å². The molecule has 0 fully saturated rings. The lowest BCUT2D eigenvalue weighted by atomic mass is 9.81. The summed E-state index contributed by atoms with van der Waals surface area (Å²) in [7, 11) is 0. The van der Waals surface area contributed by atoms with Crippen LogP contribution in [0.1, 0.15) is 18.4 Å². The number of hydrogen-bond donors (Lipinski definition) is 1. The predicted molar refractivity (Wildman–Crippen MR) is 125 cm³/mol. The molecule has 4 aromatic carbocycles. The molecule has 0 saturated carbocycles. The van der Waals surface area contributed by atoms with E-state index < -0.39 is 5.92 Å². The topological polar surface area (TPSA) is 40.9 Å². The SMILES string of the molecule is CC(=O)C(C=N)c1c(-c2ccccc2)cc(-c2ccccc2)cc1-c1ccccc1. The number of Topliss-reactive ketones (excluding diaryl/α,β-unsaturated/α-hetero) is 1. The Kier molecular flexibility index (Phi) is 5.67. The number of carbonyl (C=O) groups is 1. The van der Waals surface area contributed by atoms with Gasteiger partial charge in [0.1, 0.15) is 5.78 Å². The fourth-order valence-corrected chi connectivity index (χ4v) is 3.90. The van der Waals surface area contributed by atoms with E-state index in [0.29, 0.717) is 0 Å². The van der Waals surface area contributed by atoms with Crippen molar-refractivity contribution in [3.63, 3.8) is 0 Å². The Morgan fingerprint density at radius 3 is 1.43 bits per heavy atom. The molecule has 2 heteroatoms. The zero-order valence-corrected chi connectivity index (χ0v) is 16.9. The summed E-state index contributed by atoms with van der Waals surface area (Å²) in [5, 5.41) is 8.02. The summed E-state index contributed by atoms with van der Waals surface area (Å²) in [6.45, 7) is 1.56. The van der Waals surface area contributed by atoms with Gasteiger partial charge in [-0.05, 0) is 58.0 Å². The molecule has 4 aromatic rings. The predicted octanol–water partition coefficient (Wildman–Crippen LogP) is 7.01. The Morgan fingerprint density at radius 2 is 1.07 bits per heavy atom. The van der Waals surface area contributed by atoms with Gasteiger partial charge < -0.3 is 5.41 Å². The van der Waals surface area contributed by atoms with Gasteiger partial charge in [-0.1, -0.05) is 91.0 Å². The Hall–Kier alpha value is -3.78. The van der Waals surface area contributed by atoms with Crippen LogP contribution in [0.5, 0.6) is 0 Å². The fraction of sp³-hybridized carbons (Fsp3) is 0.0714. The molecule has 30 heavy (non-hydrogen) atoms. The van der Waals surface area contributed by atoms with Crippen LogP contribution in [0.2, 0.25) is 0 Å². The standard InChI is InChI=1S/C28H23NO/c1-20(30)27(19-29)28-25(22-13-7-3-8-14-22)17-24(21-11-5-2-6-12-21)18-26(28)23-15-9-4-10-16-23/h2-19,27,29H,1H3. The van der Waals surface area contributed by atoms with E-state index in [0.717, 1.165) is 38.9 Å². The number of rotatable bonds is 6. The van der Waals surface area contributed by atoms with Gasteiger partial charge in [-0.2, -0.15) is 0 Å². The molecule has 0 aliphatic rings. The van der Waals surface area contributed by atoms with Crippen molar-refractivity contribution in [3.8, 4) is 33.4 Å². The molecule has 4 rings (SSSR count). The lowest BCUT2D eigenvalue weighted by molar-refractivity contribution is -0.116. The van der Waals surface area contributed by atoms with E-state index in [1.54, 1.807) is 6.92 Å². The molecule has 0 saturated heterocycles. The van der Waals surface area contributed by atoms with Crippen LogP contribution in [0.15, 0.2) is 103 Å². The van der Waals surface area contributed by atoms with Crippen LogP contribution in [0, 0.1) is 5.41 Å². The number of benzene rings is 4. The average molecular weight is 389 g/mol. The fourth-order valence-electron chi connectivity index (χ4n) is 3.90. The van der Waals surface area contributed by atoms with Crippen molar-refractivity contribution in [3.05, 3.63) is 109 Å². The Bertz CT molecular complexity index is 1100. The van der Waals surface area contributed by atoms with Gasteiger partial charge >= 0.3 is 0 Å². The Labute approximate surface area is 177 Å². The van der Waals surface area contributed by atoms with Gasteiger partial charge in [0.2, 0.25) is 0 Å². The minimum atomic E-state index is -0.597. The van der Waals surface area contributed by atoms with Gasteiger partial charge in [0.05, 0.1) is 5.92 Å². The molecule has 146 valence electrons. The van der Waals surface area contributed by atoms with E-state index in [2.05, 4.69) is 48.5 Å². The molecule has 1 N–H and O–H groups in total. The molecular weight excluding hydrogens is 366 g/mol. The highest BCUT2D eigenvalue weighted by Gasteiger charge is 2.24. The van der Waals surface area contributed by atoms with E-state index in [1.807, 2.05) is 54.6 Å². The lowest BCUT2D eigenvalue weighted by Gasteiger charge is -2.22. The maximum Gasteiger partial charge on any atom is 0.142 e. The van der Waals surface area contributed by atoms with E-state index in [9.17, 15) is 4.79 Å². The Morgan fingerprint density at radius 1 is 0.667 bits per heavy atom. The van der Waals surface area contributed by atoms with Gasteiger partial charge in [0.15, 0.2) is 0 Å². The normalized spacial score (nSPS) is 11.6. The highest BCUT2D eigenvalue weighted by atomic mass is 16.1. The monoisotopic (exact) mass is 389 g/mol. The van der Waals surface area contributed by atoms with Crippen molar-refractivity contribution < 1.29 is 4.79 Å². The number of ketones is 1. The zero-order valence-electron chi connectivity index (χ0n) is 16.9. The second kappa shape index (κ2) is 8.71. The van der Waals surface area contributed by atoms with E-state index in [-0.39, 0.29) is 5.78 Å². The summed E-state index contributed by atoms with van der Waals surface area (Å²) in [4.78, 5) is 12.5. The van der Waals surface area contributed by atoms with Gasteiger partial charge in [0.25, 0.3) is 0 Å². The zero-order chi connectivity index (χ0) is 20.9. The highest BCUT2D eigenvalue weighted by Crippen LogP contribution is 2.41. The summed E-state index contributed by atoms with van der Waals surface area (Å²) in [6.07, 6.45) is 1.26. The van der Waals surface area contributed by atoms with Crippen LogP contribution in [0.3, 0.4) is 0 Å². The smallest absolute Gasteiger partial charge is 0.142 e. The van der Waals surface area contributed by atoms with Crippen LogP contribution >= 0.6 is 0 Å². The number of carbonyl (C=O) groups excluding carboxylic acids is 1. The van der Waals surface area contributed by atoms with Gasteiger partial charge in [-0.15, -0.1) is 0 Å². The van der Waals surface area contributed by atoms with Crippen molar-refractivity contribution in [2.24, 2.45) is 0 Å². The van der Waals surface area contributed by atoms with Crippen molar-refractivity contribution in [2.75, 3.05) is 0 Å². The minimum Gasteiger partial charge on any atom is -0.312 e. The van der Waals surface area contributed by atoms with Crippen molar-refractivity contribution in [1.82, 2.24) is 0 Å². The molecule has 0 amide bonds. The molecule has 1 unspecified atom stereocenters. The molecular formula is C28H23NO. The highest BCUT2D eigenvalue weighted by molar-refractivity contribution is 6.03. The maximum atomic E-state index is 12.5. The summed E-state index contributed by atoms with van der Waals surface area (Å²) in [6, 6.07) is 34.8. The summed E-state index contributed by atoms with van der Waals surface area (Å²) < 4.78 is 0. The van der Waals surface area contributed by atoms with Crippen LogP contribution in [0.4, 0.5) is 0 Å². The quantitative estimate of drug-likeness (QED) is 0.354. The third-order valence-corrected chi connectivity index (χ3v) is 5.37. The maximum absolute atomic E-state index is 12.5. The van der Waals surface area contributed by atoms with Crippen molar-refractivity contribution in [1.29, 1.82) is 5.41 Å². The van der Waals surface area contributed by atoms with Gasteiger partial charge in [0, 0.05) is 6.21 Å². The summed E-state index contributed by atoms with van der Waals surface area (Å²) >= 11 is 0. The van der Waals surface area contributed by atoms with Gasteiger partial charge in [-0.3, -0.25) is 4.79 Å². The Balaban J connectivity index is 2.10. The van der Waals surface area contributed by atoms with Crippen molar-refractivity contribution in [2.45, 2.75) is 12.8 Å². The molecule has 0 spiro atoms. The average Bonchev–Trinajstić information content (AvgIpc) is 2.81. The number of hydrogen-bond acceptors (Lipinski definition) is 2. The van der Waals surface area contributed by atoms with Crippen molar-refractivity contribution >= 4 is 12.0 Å². The molecule has 0 radical (unpaired) electrons. The molecule has 1 atom stereocenters. The summed E-state index contributed by atoms with van der Waals surface area (Å²) in [5.41, 5.74) is 7.14. The molecule has 0 aliphatic heterocycles. The van der Waals surface area contributed by atoms with E-state index in [4.69, 9.17) is 5.41 Å². The van der Waals surface area contributed by atoms with E-state index >= 15 is 0 Å².